The van der Waals surface area contributed by atoms with Crippen LogP contribution in [-0.2, 0) is 21.4 Å². The van der Waals surface area contributed by atoms with Crippen LogP contribution >= 0.6 is 11.6 Å². The number of hydrogen-bond acceptors (Lipinski definition) is 6. The molecule has 0 aliphatic heterocycles. The van der Waals surface area contributed by atoms with Crippen LogP contribution in [0.3, 0.4) is 0 Å². The van der Waals surface area contributed by atoms with E-state index in [4.69, 9.17) is 21.1 Å². The Balaban J connectivity index is 1.65. The maximum absolute atomic E-state index is 12.4. The van der Waals surface area contributed by atoms with Gasteiger partial charge in [-0.15, -0.1) is 0 Å². The average molecular weight is 456 g/mol. The van der Waals surface area contributed by atoms with Gasteiger partial charge in [0.05, 0.1) is 16.9 Å². The number of aryl methyl sites for hydroxylation is 3. The zero-order valence-corrected chi connectivity index (χ0v) is 18.8. The van der Waals surface area contributed by atoms with Gasteiger partial charge in [0.1, 0.15) is 5.75 Å². The highest BCUT2D eigenvalue weighted by atomic mass is 35.5. The van der Waals surface area contributed by atoms with Crippen molar-refractivity contribution in [1.29, 1.82) is 0 Å². The zero-order valence-electron chi connectivity index (χ0n) is 18.1. The number of ketones is 1. The normalized spacial score (nSPS) is 10.5. The molecule has 0 radical (unpaired) electrons. The largest absolute Gasteiger partial charge is 0.455 e. The first-order chi connectivity index (χ1) is 15.2. The second kappa shape index (κ2) is 9.65. The molecule has 2 aromatic carbocycles. The van der Waals surface area contributed by atoms with Crippen LogP contribution in [0.1, 0.15) is 27.3 Å². The van der Waals surface area contributed by atoms with Crippen molar-refractivity contribution >= 4 is 34.9 Å². The fourth-order valence-corrected chi connectivity index (χ4v) is 3.18. The van der Waals surface area contributed by atoms with E-state index in [2.05, 4.69) is 10.4 Å². The van der Waals surface area contributed by atoms with E-state index in [9.17, 15) is 14.4 Å². The first kappa shape index (κ1) is 23.0. The molecule has 0 bridgehead atoms. The smallest absolute Gasteiger partial charge is 0.380 e. The summed E-state index contributed by atoms with van der Waals surface area (Å²) in [5, 5.41) is 7.08. The highest BCUT2D eigenvalue weighted by molar-refractivity contribution is 6.41. The molecule has 0 aliphatic carbocycles. The molecule has 1 heterocycles. The third-order valence-electron chi connectivity index (χ3n) is 4.72. The monoisotopic (exact) mass is 455 g/mol. The van der Waals surface area contributed by atoms with E-state index >= 15 is 0 Å². The minimum atomic E-state index is -1.14. The number of hydrogen-bond donors (Lipinski definition) is 1. The maximum Gasteiger partial charge on any atom is 0.380 e. The van der Waals surface area contributed by atoms with E-state index in [-0.39, 0.29) is 5.56 Å². The van der Waals surface area contributed by atoms with Crippen LogP contribution in [0.2, 0.25) is 5.02 Å². The van der Waals surface area contributed by atoms with Gasteiger partial charge >= 0.3 is 5.97 Å². The highest BCUT2D eigenvalue weighted by Crippen LogP contribution is 2.32. The predicted molar refractivity (Wildman–Crippen MR) is 119 cm³/mol. The number of carbonyl (C=O) groups is 3. The van der Waals surface area contributed by atoms with E-state index in [0.29, 0.717) is 33.6 Å². The van der Waals surface area contributed by atoms with Crippen molar-refractivity contribution < 1.29 is 23.9 Å². The Kier molecular flexibility index (Phi) is 6.95. The van der Waals surface area contributed by atoms with E-state index in [1.54, 1.807) is 45.2 Å². The Bertz CT molecular complexity index is 1190. The number of rotatable bonds is 7. The lowest BCUT2D eigenvalue weighted by Crippen LogP contribution is -2.25. The number of halogens is 1. The number of Topliss-reactive ketones (excluding diaryl/α,β-unsaturated/α-hetero) is 1. The molecule has 1 N–H and O–H groups in total. The van der Waals surface area contributed by atoms with E-state index in [0.717, 1.165) is 5.56 Å². The van der Waals surface area contributed by atoms with Crippen LogP contribution in [0.5, 0.6) is 11.5 Å². The molecule has 0 fully saturated rings. The summed E-state index contributed by atoms with van der Waals surface area (Å²) in [6, 6.07) is 12.1. The van der Waals surface area contributed by atoms with Crippen LogP contribution in [-0.4, -0.2) is 34.0 Å². The van der Waals surface area contributed by atoms with E-state index < -0.39 is 24.3 Å². The van der Waals surface area contributed by atoms with Crippen LogP contribution in [0.25, 0.3) is 0 Å². The standard InChI is InChI=1S/C23H22ClN3O5/c1-13-5-8-17(9-6-13)32-19-10-7-16(24)11-18(19)25-20(28)12-31-23(30)22(29)21-14(2)26-27(4)15(21)3/h5-11H,12H2,1-4H3,(H,25,28). The quantitative estimate of drug-likeness (QED) is 0.326. The molecule has 0 saturated heterocycles. The van der Waals surface area contributed by atoms with E-state index in [1.807, 2.05) is 19.1 Å². The van der Waals surface area contributed by atoms with Gasteiger partial charge in [0.2, 0.25) is 0 Å². The average Bonchev–Trinajstić information content (AvgIpc) is 3.00. The third kappa shape index (κ3) is 5.33. The van der Waals surface area contributed by atoms with Gasteiger partial charge in [-0.2, -0.15) is 5.10 Å². The number of anilines is 1. The lowest BCUT2D eigenvalue weighted by atomic mass is 10.1. The second-order valence-electron chi connectivity index (χ2n) is 7.18. The van der Waals surface area contributed by atoms with Gasteiger partial charge in [0, 0.05) is 17.8 Å². The molecule has 0 unspecified atom stereocenters. The summed E-state index contributed by atoms with van der Waals surface area (Å²) in [6.07, 6.45) is 0. The number of nitrogens with one attached hydrogen (secondary N) is 1. The molecular formula is C23H22ClN3O5. The van der Waals surface area contributed by atoms with Crippen LogP contribution < -0.4 is 10.1 Å². The number of aromatic nitrogens is 2. The minimum absolute atomic E-state index is 0.168. The molecule has 0 aliphatic rings. The Morgan fingerprint density at radius 2 is 1.75 bits per heavy atom. The molecular weight excluding hydrogens is 434 g/mol. The van der Waals surface area contributed by atoms with Crippen molar-refractivity contribution in [2.75, 3.05) is 11.9 Å². The van der Waals surface area contributed by atoms with Gasteiger partial charge in [0.15, 0.2) is 12.4 Å². The SMILES string of the molecule is Cc1ccc(Oc2ccc(Cl)cc2NC(=O)COC(=O)C(=O)c2c(C)nn(C)c2C)cc1. The summed E-state index contributed by atoms with van der Waals surface area (Å²) < 4.78 is 12.2. The highest BCUT2D eigenvalue weighted by Gasteiger charge is 2.26. The summed E-state index contributed by atoms with van der Waals surface area (Å²) in [5.74, 6) is -1.71. The first-order valence-electron chi connectivity index (χ1n) is 9.71. The summed E-state index contributed by atoms with van der Waals surface area (Å²) in [4.78, 5) is 36.9. The summed E-state index contributed by atoms with van der Waals surface area (Å²) >= 11 is 6.05. The van der Waals surface area contributed by atoms with Gasteiger partial charge in [-0.05, 0) is 51.1 Å². The van der Waals surface area contributed by atoms with Crippen molar-refractivity contribution in [1.82, 2.24) is 9.78 Å². The number of carbonyl (C=O) groups excluding carboxylic acids is 3. The van der Waals surface area contributed by atoms with Crippen molar-refractivity contribution in [3.8, 4) is 11.5 Å². The van der Waals surface area contributed by atoms with Crippen molar-refractivity contribution in [3.05, 3.63) is 70.0 Å². The third-order valence-corrected chi connectivity index (χ3v) is 4.96. The number of nitrogens with zero attached hydrogens (tertiary/aromatic N) is 2. The molecule has 1 aromatic heterocycles. The fourth-order valence-electron chi connectivity index (χ4n) is 3.01. The molecule has 0 saturated carbocycles. The van der Waals surface area contributed by atoms with E-state index in [1.165, 1.54) is 10.7 Å². The van der Waals surface area contributed by atoms with Crippen LogP contribution in [0, 0.1) is 20.8 Å². The predicted octanol–water partition coefficient (Wildman–Crippen LogP) is 4.16. The topological polar surface area (TPSA) is 99.5 Å². The zero-order chi connectivity index (χ0) is 23.4. The maximum atomic E-state index is 12.4. The number of amides is 1. The minimum Gasteiger partial charge on any atom is -0.455 e. The van der Waals surface area contributed by atoms with Gasteiger partial charge in [-0.25, -0.2) is 4.79 Å². The van der Waals surface area contributed by atoms with Gasteiger partial charge < -0.3 is 14.8 Å². The van der Waals surface area contributed by atoms with Gasteiger partial charge in [0.25, 0.3) is 11.7 Å². The molecule has 1 amide bonds. The second-order valence-corrected chi connectivity index (χ2v) is 7.61. The number of esters is 1. The van der Waals surface area contributed by atoms with Crippen molar-refractivity contribution in [3.63, 3.8) is 0 Å². The Morgan fingerprint density at radius 1 is 1.06 bits per heavy atom. The number of benzene rings is 2. The van der Waals surface area contributed by atoms with Crippen molar-refractivity contribution in [2.45, 2.75) is 20.8 Å². The molecule has 3 rings (SSSR count). The van der Waals surface area contributed by atoms with Gasteiger partial charge in [-0.1, -0.05) is 29.3 Å². The lowest BCUT2D eigenvalue weighted by Gasteiger charge is -2.13. The summed E-state index contributed by atoms with van der Waals surface area (Å²) in [6.45, 7) is 4.59. The Morgan fingerprint density at radius 3 is 2.38 bits per heavy atom. The molecule has 166 valence electrons. The Hall–Kier alpha value is -3.65. The molecule has 0 spiro atoms. The Labute approximate surface area is 190 Å². The molecule has 9 heteroatoms. The number of ether oxygens (including phenoxy) is 2. The van der Waals surface area contributed by atoms with Crippen molar-refractivity contribution in [2.24, 2.45) is 7.05 Å². The van der Waals surface area contributed by atoms with Gasteiger partial charge in [-0.3, -0.25) is 14.3 Å². The molecule has 3 aromatic rings. The fraction of sp³-hybridized carbons (Fsp3) is 0.217. The first-order valence-corrected chi connectivity index (χ1v) is 10.1. The summed E-state index contributed by atoms with van der Waals surface area (Å²) in [5.41, 5.74) is 2.49. The molecule has 0 atom stereocenters. The lowest BCUT2D eigenvalue weighted by molar-refractivity contribution is -0.142. The van der Waals surface area contributed by atoms with Crippen LogP contribution in [0.15, 0.2) is 42.5 Å². The summed E-state index contributed by atoms with van der Waals surface area (Å²) in [7, 11) is 1.67. The molecule has 8 nitrogen and oxygen atoms in total. The van der Waals surface area contributed by atoms with Crippen LogP contribution in [0.4, 0.5) is 5.69 Å². The molecule has 32 heavy (non-hydrogen) atoms.